The van der Waals surface area contributed by atoms with E-state index >= 15 is 0 Å². The molecule has 0 bridgehead atoms. The van der Waals surface area contributed by atoms with Crippen molar-refractivity contribution in [3.8, 4) is 0 Å². The highest BCUT2D eigenvalue weighted by Crippen LogP contribution is 2.21. The Hall–Kier alpha value is -1.69. The zero-order valence-corrected chi connectivity index (χ0v) is 10.6. The molecule has 6 heteroatoms. The Morgan fingerprint density at radius 3 is 3.00 bits per heavy atom. The van der Waals surface area contributed by atoms with Gasteiger partial charge in [0, 0.05) is 18.2 Å². The first-order valence-corrected chi connectivity index (χ1v) is 6.17. The van der Waals surface area contributed by atoms with E-state index in [-0.39, 0.29) is 5.69 Å². The third-order valence-corrected chi connectivity index (χ3v) is 3.24. The number of nitrogens with one attached hydrogen (secondary N) is 2. The predicted octanol–water partition coefficient (Wildman–Crippen LogP) is 1.85. The van der Waals surface area contributed by atoms with Crippen molar-refractivity contribution in [2.24, 2.45) is 0 Å². The second-order valence-electron chi connectivity index (χ2n) is 4.84. The van der Waals surface area contributed by atoms with Crippen molar-refractivity contribution in [3.05, 3.63) is 27.9 Å². The van der Waals surface area contributed by atoms with Gasteiger partial charge >= 0.3 is 0 Å². The van der Waals surface area contributed by atoms with Crippen molar-refractivity contribution in [2.75, 3.05) is 11.9 Å². The molecule has 2 N–H and O–H groups in total. The number of hydrogen-bond donors (Lipinski definition) is 2. The highest BCUT2D eigenvalue weighted by Gasteiger charge is 2.19. The zero-order chi connectivity index (χ0) is 13.1. The van der Waals surface area contributed by atoms with Gasteiger partial charge in [0.25, 0.3) is 5.69 Å². The van der Waals surface area contributed by atoms with Crippen LogP contribution in [0.2, 0.25) is 0 Å². The molecule has 0 saturated carbocycles. The summed E-state index contributed by atoms with van der Waals surface area (Å²) in [4.78, 5) is 14.4. The summed E-state index contributed by atoms with van der Waals surface area (Å²) in [6, 6.07) is 2.43. The van der Waals surface area contributed by atoms with Crippen LogP contribution in [0.3, 0.4) is 0 Å². The van der Waals surface area contributed by atoms with E-state index in [9.17, 15) is 10.1 Å². The highest BCUT2D eigenvalue weighted by molar-refractivity contribution is 5.48. The van der Waals surface area contributed by atoms with Crippen LogP contribution < -0.4 is 10.6 Å². The van der Waals surface area contributed by atoms with E-state index in [0.29, 0.717) is 12.1 Å². The van der Waals surface area contributed by atoms with Gasteiger partial charge in [-0.2, -0.15) is 0 Å². The number of rotatable bonds is 3. The molecule has 1 aliphatic heterocycles. The van der Waals surface area contributed by atoms with Gasteiger partial charge in [0.1, 0.15) is 12.0 Å². The number of piperidine rings is 1. The number of anilines is 1. The molecule has 0 aromatic carbocycles. The topological polar surface area (TPSA) is 80.1 Å². The molecule has 1 aromatic heterocycles. The summed E-state index contributed by atoms with van der Waals surface area (Å²) in [7, 11) is 0. The van der Waals surface area contributed by atoms with Crippen LogP contribution in [0.1, 0.15) is 25.3 Å². The lowest BCUT2D eigenvalue weighted by Gasteiger charge is -2.29. The average molecular weight is 250 g/mol. The molecule has 1 aromatic rings. The number of aryl methyl sites for hydroxylation is 1. The van der Waals surface area contributed by atoms with Crippen molar-refractivity contribution in [1.29, 1.82) is 0 Å². The summed E-state index contributed by atoms with van der Waals surface area (Å²) in [5.41, 5.74) is 0.854. The summed E-state index contributed by atoms with van der Waals surface area (Å²) in [6.07, 6.45) is 3.39. The van der Waals surface area contributed by atoms with Crippen molar-refractivity contribution in [3.63, 3.8) is 0 Å². The van der Waals surface area contributed by atoms with Crippen molar-refractivity contribution in [1.82, 2.24) is 10.3 Å². The Balaban J connectivity index is 2.07. The van der Waals surface area contributed by atoms with Gasteiger partial charge in [-0.3, -0.25) is 10.1 Å². The first kappa shape index (κ1) is 12.8. The van der Waals surface area contributed by atoms with E-state index in [1.165, 1.54) is 6.20 Å². The molecule has 2 atom stereocenters. The molecule has 0 radical (unpaired) electrons. The Morgan fingerprint density at radius 1 is 1.61 bits per heavy atom. The summed E-state index contributed by atoms with van der Waals surface area (Å²) in [5, 5.41) is 17.4. The number of pyridine rings is 1. The Morgan fingerprint density at radius 2 is 2.39 bits per heavy atom. The number of nitrogens with zero attached hydrogens (tertiary/aromatic N) is 2. The van der Waals surface area contributed by atoms with Crippen LogP contribution in [0.15, 0.2) is 12.3 Å². The van der Waals surface area contributed by atoms with E-state index in [0.717, 1.165) is 30.8 Å². The lowest BCUT2D eigenvalue weighted by molar-refractivity contribution is -0.385. The van der Waals surface area contributed by atoms with Crippen LogP contribution in [0.25, 0.3) is 0 Å². The van der Waals surface area contributed by atoms with Crippen LogP contribution in [0.5, 0.6) is 0 Å². The van der Waals surface area contributed by atoms with Crippen LogP contribution in [0, 0.1) is 17.0 Å². The van der Waals surface area contributed by atoms with Gasteiger partial charge in [-0.15, -0.1) is 0 Å². The third-order valence-electron chi connectivity index (χ3n) is 3.24. The fourth-order valence-corrected chi connectivity index (χ4v) is 2.27. The predicted molar refractivity (Wildman–Crippen MR) is 69.7 cm³/mol. The van der Waals surface area contributed by atoms with Gasteiger partial charge in [0.2, 0.25) is 0 Å². The maximum absolute atomic E-state index is 10.6. The van der Waals surface area contributed by atoms with Crippen LogP contribution in [-0.4, -0.2) is 28.5 Å². The molecule has 1 aliphatic rings. The summed E-state index contributed by atoms with van der Waals surface area (Å²) in [5.74, 6) is 0.750. The maximum atomic E-state index is 10.6. The van der Waals surface area contributed by atoms with Crippen molar-refractivity contribution < 1.29 is 4.92 Å². The van der Waals surface area contributed by atoms with Crippen LogP contribution >= 0.6 is 0 Å². The fourth-order valence-electron chi connectivity index (χ4n) is 2.27. The number of nitro groups is 1. The lowest BCUT2D eigenvalue weighted by Crippen LogP contribution is -2.41. The van der Waals surface area contributed by atoms with Crippen LogP contribution in [0.4, 0.5) is 11.5 Å². The normalized spacial score (nSPS) is 23.7. The molecule has 1 fully saturated rings. The molecule has 18 heavy (non-hydrogen) atoms. The average Bonchev–Trinajstić information content (AvgIpc) is 2.31. The SMILES string of the molecule is Cc1cc([N+](=O)[O-])cnc1NC1CCNC(C)C1. The zero-order valence-electron chi connectivity index (χ0n) is 10.6. The van der Waals surface area contributed by atoms with E-state index < -0.39 is 4.92 Å². The molecule has 0 spiro atoms. The van der Waals surface area contributed by atoms with Gasteiger partial charge < -0.3 is 10.6 Å². The lowest BCUT2D eigenvalue weighted by atomic mass is 10.0. The molecule has 6 nitrogen and oxygen atoms in total. The largest absolute Gasteiger partial charge is 0.367 e. The molecule has 0 aliphatic carbocycles. The first-order valence-electron chi connectivity index (χ1n) is 6.17. The molecular weight excluding hydrogens is 232 g/mol. The minimum absolute atomic E-state index is 0.0386. The van der Waals surface area contributed by atoms with Gasteiger partial charge in [0.05, 0.1) is 4.92 Å². The van der Waals surface area contributed by atoms with E-state index in [1.54, 1.807) is 6.07 Å². The third kappa shape index (κ3) is 2.95. The van der Waals surface area contributed by atoms with Gasteiger partial charge in [-0.25, -0.2) is 4.98 Å². The van der Waals surface area contributed by atoms with E-state index in [1.807, 2.05) is 6.92 Å². The highest BCUT2D eigenvalue weighted by atomic mass is 16.6. The molecule has 1 saturated heterocycles. The number of hydrogen-bond acceptors (Lipinski definition) is 5. The van der Waals surface area contributed by atoms with E-state index in [4.69, 9.17) is 0 Å². The van der Waals surface area contributed by atoms with Gasteiger partial charge in [-0.1, -0.05) is 0 Å². The minimum atomic E-state index is -0.420. The van der Waals surface area contributed by atoms with Crippen LogP contribution in [-0.2, 0) is 0 Å². The minimum Gasteiger partial charge on any atom is -0.367 e. The first-order chi connectivity index (χ1) is 8.56. The van der Waals surface area contributed by atoms with E-state index in [2.05, 4.69) is 22.5 Å². The summed E-state index contributed by atoms with van der Waals surface area (Å²) < 4.78 is 0. The number of aromatic nitrogens is 1. The second-order valence-corrected chi connectivity index (χ2v) is 4.84. The standard InChI is InChI=1S/C12H18N4O2/c1-8-5-11(16(17)18)7-14-12(8)15-10-3-4-13-9(2)6-10/h5,7,9-10,13H,3-4,6H2,1-2H3,(H,14,15). The Bertz CT molecular complexity index is 450. The summed E-state index contributed by atoms with van der Waals surface area (Å²) in [6.45, 7) is 4.99. The molecule has 2 heterocycles. The maximum Gasteiger partial charge on any atom is 0.287 e. The molecule has 98 valence electrons. The molecule has 2 unspecified atom stereocenters. The molecule has 2 rings (SSSR count). The van der Waals surface area contributed by atoms with Gasteiger partial charge in [0.15, 0.2) is 0 Å². The van der Waals surface area contributed by atoms with Crippen molar-refractivity contribution in [2.45, 2.75) is 38.8 Å². The Kier molecular flexibility index (Phi) is 3.76. The summed E-state index contributed by atoms with van der Waals surface area (Å²) >= 11 is 0. The smallest absolute Gasteiger partial charge is 0.287 e. The van der Waals surface area contributed by atoms with Crippen molar-refractivity contribution >= 4 is 11.5 Å². The Labute approximate surface area is 106 Å². The fraction of sp³-hybridized carbons (Fsp3) is 0.583. The molecular formula is C12H18N4O2. The van der Waals surface area contributed by atoms with Gasteiger partial charge in [-0.05, 0) is 38.8 Å². The second kappa shape index (κ2) is 5.30. The quantitative estimate of drug-likeness (QED) is 0.632. The monoisotopic (exact) mass is 250 g/mol. The molecule has 0 amide bonds.